The molecule has 4 unspecified atom stereocenters. The molecule has 39 heavy (non-hydrogen) atoms. The molecular weight excluding hydrogens is 548 g/mol. The van der Waals surface area contributed by atoms with Crippen LogP contribution >= 0.6 is 11.3 Å². The number of carbonyl (C=O) groups is 2. The van der Waals surface area contributed by atoms with Crippen molar-refractivity contribution in [3.05, 3.63) is 47.6 Å². The first-order valence-electron chi connectivity index (χ1n) is 11.9. The molecule has 3 aromatic heterocycles. The Morgan fingerprint density at radius 1 is 1.21 bits per heavy atom. The SMILES string of the molecule is COC(O)(O)C(NC(=O)c1ccn(S(C)=O)c1)C(=O)Nc1nc(-c2cccc(N3CC(C)OC(C)C3)n2)cs1. The predicted octanol–water partition coefficient (Wildman–Crippen LogP) is 0.784. The van der Waals surface area contributed by atoms with Crippen molar-refractivity contribution in [2.45, 2.75) is 38.1 Å². The zero-order valence-electron chi connectivity index (χ0n) is 21.7. The van der Waals surface area contributed by atoms with E-state index in [-0.39, 0.29) is 22.9 Å². The Morgan fingerprint density at radius 3 is 2.56 bits per heavy atom. The van der Waals surface area contributed by atoms with Crippen molar-refractivity contribution < 1.29 is 33.5 Å². The Hall–Kier alpha value is -3.21. The number of aliphatic hydroxyl groups is 2. The van der Waals surface area contributed by atoms with E-state index in [1.165, 1.54) is 28.7 Å². The van der Waals surface area contributed by atoms with Crippen LogP contribution in [0.2, 0.25) is 0 Å². The molecule has 1 aliphatic rings. The number of nitrogens with zero attached hydrogens (tertiary/aromatic N) is 4. The summed E-state index contributed by atoms with van der Waals surface area (Å²) in [5.41, 5.74) is 1.16. The number of methoxy groups -OCH3 is 1. The lowest BCUT2D eigenvalue weighted by atomic mass is 10.2. The minimum absolute atomic E-state index is 0.0569. The summed E-state index contributed by atoms with van der Waals surface area (Å²) in [5, 5.41) is 27.1. The van der Waals surface area contributed by atoms with Crippen molar-refractivity contribution in [3.8, 4) is 11.4 Å². The van der Waals surface area contributed by atoms with Gasteiger partial charge in [0.2, 0.25) is 0 Å². The van der Waals surface area contributed by atoms with Crippen LogP contribution in [0.3, 0.4) is 0 Å². The molecule has 1 aliphatic heterocycles. The van der Waals surface area contributed by atoms with Crippen LogP contribution in [0, 0.1) is 0 Å². The van der Waals surface area contributed by atoms with Crippen LogP contribution in [0.15, 0.2) is 42.0 Å². The fourth-order valence-corrected chi connectivity index (χ4v) is 5.27. The second-order valence-electron chi connectivity index (χ2n) is 9.02. The summed E-state index contributed by atoms with van der Waals surface area (Å²) in [7, 11) is -0.426. The van der Waals surface area contributed by atoms with Gasteiger partial charge in [-0.3, -0.25) is 18.9 Å². The van der Waals surface area contributed by atoms with Crippen LogP contribution in [-0.2, 0) is 25.3 Å². The van der Waals surface area contributed by atoms with Gasteiger partial charge in [0.25, 0.3) is 11.8 Å². The van der Waals surface area contributed by atoms with E-state index in [1.807, 2.05) is 26.0 Å². The van der Waals surface area contributed by atoms with Gasteiger partial charge in [-0.2, -0.15) is 0 Å². The van der Waals surface area contributed by atoms with Crippen molar-refractivity contribution in [1.29, 1.82) is 0 Å². The highest BCUT2D eigenvalue weighted by Gasteiger charge is 2.42. The van der Waals surface area contributed by atoms with Gasteiger partial charge in [0.05, 0.1) is 23.5 Å². The average Bonchev–Trinajstić information content (AvgIpc) is 3.57. The van der Waals surface area contributed by atoms with Crippen LogP contribution < -0.4 is 15.5 Å². The second kappa shape index (κ2) is 11.9. The summed E-state index contributed by atoms with van der Waals surface area (Å²) < 4.78 is 23.3. The highest BCUT2D eigenvalue weighted by atomic mass is 32.2. The number of nitrogens with one attached hydrogen (secondary N) is 2. The monoisotopic (exact) mass is 578 g/mol. The number of amides is 2. The number of aromatic nitrogens is 3. The molecule has 4 rings (SSSR count). The van der Waals surface area contributed by atoms with Crippen molar-refractivity contribution in [2.75, 3.05) is 36.7 Å². The number of pyridine rings is 1. The normalized spacial score (nSPS) is 19.4. The number of carbonyl (C=O) groups excluding carboxylic acids is 2. The Kier molecular flexibility index (Phi) is 8.78. The Balaban J connectivity index is 1.49. The third-order valence-electron chi connectivity index (χ3n) is 5.92. The summed E-state index contributed by atoms with van der Waals surface area (Å²) in [6, 6.07) is 5.03. The Bertz CT molecular complexity index is 1350. The van der Waals surface area contributed by atoms with E-state index in [4.69, 9.17) is 9.72 Å². The van der Waals surface area contributed by atoms with Gasteiger partial charge in [0.1, 0.15) is 22.5 Å². The van der Waals surface area contributed by atoms with Crippen LogP contribution in [0.5, 0.6) is 0 Å². The smallest absolute Gasteiger partial charge is 0.308 e. The zero-order valence-corrected chi connectivity index (χ0v) is 23.4. The van der Waals surface area contributed by atoms with Gasteiger partial charge in [-0.1, -0.05) is 6.07 Å². The molecule has 4 N–H and O–H groups in total. The molecule has 4 heterocycles. The molecule has 1 fully saturated rings. The van der Waals surface area contributed by atoms with Crippen molar-refractivity contribution in [2.24, 2.45) is 0 Å². The fourth-order valence-electron chi connectivity index (χ4n) is 4.07. The Morgan fingerprint density at radius 2 is 1.92 bits per heavy atom. The summed E-state index contributed by atoms with van der Waals surface area (Å²) >= 11 is 1.10. The third-order valence-corrected chi connectivity index (χ3v) is 7.49. The molecule has 0 saturated carbocycles. The van der Waals surface area contributed by atoms with Gasteiger partial charge in [0.15, 0.2) is 11.2 Å². The lowest BCUT2D eigenvalue weighted by Crippen LogP contribution is -2.59. The number of ether oxygens (including phenoxy) is 2. The molecule has 210 valence electrons. The van der Waals surface area contributed by atoms with Gasteiger partial charge in [-0.15, -0.1) is 11.3 Å². The van der Waals surface area contributed by atoms with Crippen LogP contribution in [0.1, 0.15) is 24.2 Å². The van der Waals surface area contributed by atoms with Crippen molar-refractivity contribution in [3.63, 3.8) is 0 Å². The van der Waals surface area contributed by atoms with Gasteiger partial charge in [0, 0.05) is 44.2 Å². The maximum atomic E-state index is 13.0. The highest BCUT2D eigenvalue weighted by Crippen LogP contribution is 2.27. The molecule has 0 spiro atoms. The van der Waals surface area contributed by atoms with Crippen molar-refractivity contribution >= 4 is 45.1 Å². The van der Waals surface area contributed by atoms with E-state index < -0.39 is 34.8 Å². The summed E-state index contributed by atoms with van der Waals surface area (Å²) in [6.07, 6.45) is 4.29. The topological polar surface area (TPSA) is 168 Å². The molecule has 0 radical (unpaired) electrons. The first kappa shape index (κ1) is 28.8. The van der Waals surface area contributed by atoms with Crippen LogP contribution in [-0.4, -0.2) is 90.9 Å². The minimum atomic E-state index is -3.03. The number of hydrogen-bond donors (Lipinski definition) is 4. The first-order valence-corrected chi connectivity index (χ1v) is 14.3. The molecule has 0 bridgehead atoms. The molecular formula is C24H30N6O7S2. The number of thiazole rings is 1. The third kappa shape index (κ3) is 6.87. The zero-order chi connectivity index (χ0) is 28.3. The predicted molar refractivity (Wildman–Crippen MR) is 146 cm³/mol. The van der Waals surface area contributed by atoms with Gasteiger partial charge < -0.3 is 29.9 Å². The van der Waals surface area contributed by atoms with E-state index in [1.54, 1.807) is 11.4 Å². The fraction of sp³-hybridized carbons (Fsp3) is 0.417. The largest absolute Gasteiger partial charge is 0.372 e. The molecule has 4 atom stereocenters. The quantitative estimate of drug-likeness (QED) is 0.266. The van der Waals surface area contributed by atoms with E-state index in [0.29, 0.717) is 24.5 Å². The highest BCUT2D eigenvalue weighted by molar-refractivity contribution is 7.82. The standard InChI is InChI=1S/C24H30N6O7S2/c1-14-10-29(11-15(2)37-14)19-7-5-6-17(25-19)18-13-38-23(26-18)28-22(32)20(24(33,34)36-3)27-21(31)16-8-9-30(12-16)39(4)35/h5-9,12-15,20,33-34H,10-11H2,1-4H3,(H,27,31)(H,26,28,32). The lowest BCUT2D eigenvalue weighted by molar-refractivity contribution is -0.333. The van der Waals surface area contributed by atoms with Gasteiger partial charge in [-0.25, -0.2) is 14.2 Å². The second-order valence-corrected chi connectivity index (χ2v) is 11.2. The first-order chi connectivity index (χ1) is 18.5. The van der Waals surface area contributed by atoms with Crippen LogP contribution in [0.4, 0.5) is 10.9 Å². The number of morpholine rings is 1. The number of rotatable bonds is 9. The maximum Gasteiger partial charge on any atom is 0.308 e. The number of anilines is 2. The van der Waals surface area contributed by atoms with Crippen LogP contribution in [0.25, 0.3) is 11.4 Å². The molecule has 13 nitrogen and oxygen atoms in total. The molecule has 1 saturated heterocycles. The van der Waals surface area contributed by atoms with E-state index >= 15 is 0 Å². The summed E-state index contributed by atoms with van der Waals surface area (Å²) in [5.74, 6) is -4.04. The van der Waals surface area contributed by atoms with Gasteiger partial charge in [-0.05, 0) is 32.0 Å². The minimum Gasteiger partial charge on any atom is -0.372 e. The number of hydrogen-bond acceptors (Lipinski definition) is 11. The molecule has 2 amide bonds. The van der Waals surface area contributed by atoms with Crippen molar-refractivity contribution in [1.82, 2.24) is 19.3 Å². The van der Waals surface area contributed by atoms with E-state index in [9.17, 15) is 24.0 Å². The van der Waals surface area contributed by atoms with E-state index in [2.05, 4.69) is 25.3 Å². The summed E-state index contributed by atoms with van der Waals surface area (Å²) in [4.78, 5) is 37.0. The Labute approximate surface area is 231 Å². The molecule has 3 aromatic rings. The lowest BCUT2D eigenvalue weighted by Gasteiger charge is -2.36. The molecule has 0 aliphatic carbocycles. The van der Waals surface area contributed by atoms with E-state index in [0.717, 1.165) is 24.3 Å². The maximum absolute atomic E-state index is 13.0. The molecule has 15 heteroatoms. The summed E-state index contributed by atoms with van der Waals surface area (Å²) in [6.45, 7) is 5.43. The van der Waals surface area contributed by atoms with Gasteiger partial charge >= 0.3 is 5.97 Å². The molecule has 0 aromatic carbocycles. The average molecular weight is 579 g/mol.